The van der Waals surface area contributed by atoms with Crippen LogP contribution in [0.4, 0.5) is 0 Å². The zero-order valence-electron chi connectivity index (χ0n) is 12.6. The molecule has 5 nitrogen and oxygen atoms in total. The molecule has 2 aliphatic carbocycles. The van der Waals surface area contributed by atoms with Gasteiger partial charge in [0.2, 0.25) is 0 Å². The van der Waals surface area contributed by atoms with Crippen LogP contribution >= 0.6 is 0 Å². The van der Waals surface area contributed by atoms with Gasteiger partial charge in [0.1, 0.15) is 11.4 Å². The molecule has 1 aromatic heterocycles. The maximum atomic E-state index is 12.4. The third kappa shape index (κ3) is 2.28. The van der Waals surface area contributed by atoms with E-state index < -0.39 is 0 Å². The van der Waals surface area contributed by atoms with Crippen LogP contribution in [-0.2, 0) is 4.74 Å². The summed E-state index contributed by atoms with van der Waals surface area (Å²) in [4.78, 5) is 16.4. The monoisotopic (exact) mass is 302 g/mol. The minimum atomic E-state index is -0.140. The van der Waals surface area contributed by atoms with Crippen LogP contribution in [0.15, 0.2) is 18.3 Å². The molecule has 0 unspecified atom stereocenters. The van der Waals surface area contributed by atoms with Crippen molar-refractivity contribution in [1.29, 1.82) is 0 Å². The first-order chi connectivity index (χ1) is 10.7. The van der Waals surface area contributed by atoms with E-state index in [1.807, 2.05) is 0 Å². The summed E-state index contributed by atoms with van der Waals surface area (Å²) in [6, 6.07) is 3.29. The molecule has 2 saturated carbocycles. The molecule has 118 valence electrons. The van der Waals surface area contributed by atoms with Crippen LogP contribution in [0.3, 0.4) is 0 Å². The van der Waals surface area contributed by atoms with E-state index in [1.54, 1.807) is 6.07 Å². The minimum Gasteiger partial charge on any atom is -0.506 e. The summed E-state index contributed by atoms with van der Waals surface area (Å²) in [5.74, 6) is 1.56. The van der Waals surface area contributed by atoms with Crippen molar-refractivity contribution in [2.24, 2.45) is 17.8 Å². The molecule has 3 aliphatic rings. The lowest BCUT2D eigenvalue weighted by atomic mass is 9.61. The highest BCUT2D eigenvalue weighted by atomic mass is 16.5. The van der Waals surface area contributed by atoms with Crippen molar-refractivity contribution in [1.82, 2.24) is 10.3 Å². The number of nitrogens with one attached hydrogen (secondary N) is 1. The van der Waals surface area contributed by atoms with Crippen LogP contribution in [0, 0.1) is 17.8 Å². The van der Waals surface area contributed by atoms with Gasteiger partial charge < -0.3 is 15.2 Å². The summed E-state index contributed by atoms with van der Waals surface area (Å²) in [7, 11) is 0. The van der Waals surface area contributed by atoms with Crippen molar-refractivity contribution < 1.29 is 14.6 Å². The Bertz CT molecular complexity index is 549. The van der Waals surface area contributed by atoms with E-state index in [9.17, 15) is 9.90 Å². The molecular weight excluding hydrogens is 280 g/mol. The topological polar surface area (TPSA) is 71.5 Å². The van der Waals surface area contributed by atoms with E-state index in [0.717, 1.165) is 13.0 Å². The third-order valence-corrected chi connectivity index (χ3v) is 5.66. The Morgan fingerprint density at radius 3 is 2.82 bits per heavy atom. The number of rotatable bonds is 3. The summed E-state index contributed by atoms with van der Waals surface area (Å²) in [6.45, 7) is 0.822. The van der Waals surface area contributed by atoms with Crippen LogP contribution in [0.5, 0.6) is 5.75 Å². The number of pyridine rings is 1. The molecule has 3 fully saturated rings. The molecule has 1 saturated heterocycles. The maximum absolute atomic E-state index is 12.4. The van der Waals surface area contributed by atoms with Gasteiger partial charge in [-0.2, -0.15) is 0 Å². The summed E-state index contributed by atoms with van der Waals surface area (Å²) in [5.41, 5.74) is 0.366. The number of carbonyl (C=O) groups is 1. The van der Waals surface area contributed by atoms with Gasteiger partial charge in [0.05, 0.1) is 12.3 Å². The highest BCUT2D eigenvalue weighted by Crippen LogP contribution is 2.51. The molecule has 0 radical (unpaired) electrons. The van der Waals surface area contributed by atoms with Crippen molar-refractivity contribution in [2.45, 2.75) is 44.2 Å². The molecular formula is C17H22N2O3. The van der Waals surface area contributed by atoms with Crippen molar-refractivity contribution >= 4 is 5.91 Å². The number of aromatic hydroxyl groups is 1. The molecule has 4 atom stereocenters. The highest BCUT2D eigenvalue weighted by molar-refractivity contribution is 5.92. The number of amides is 1. The number of nitrogens with zero attached hydrogens (tertiary/aromatic N) is 1. The Kier molecular flexibility index (Phi) is 3.53. The predicted molar refractivity (Wildman–Crippen MR) is 80.5 cm³/mol. The van der Waals surface area contributed by atoms with Crippen molar-refractivity contribution in [3.05, 3.63) is 24.0 Å². The normalized spacial score (nSPS) is 34.2. The largest absolute Gasteiger partial charge is 0.506 e. The number of ether oxygens (including phenoxy) is 1. The molecule has 2 N–H and O–H groups in total. The summed E-state index contributed by atoms with van der Waals surface area (Å²) < 4.78 is 5.91. The van der Waals surface area contributed by atoms with Gasteiger partial charge in [-0.05, 0) is 24.5 Å². The van der Waals surface area contributed by atoms with Crippen LogP contribution in [0.1, 0.15) is 42.6 Å². The van der Waals surface area contributed by atoms with Crippen LogP contribution in [0.2, 0.25) is 0 Å². The molecule has 1 amide bonds. The first-order valence-electron chi connectivity index (χ1n) is 8.31. The Balaban J connectivity index is 1.48. The van der Waals surface area contributed by atoms with E-state index in [2.05, 4.69) is 10.3 Å². The molecule has 22 heavy (non-hydrogen) atoms. The van der Waals surface area contributed by atoms with E-state index in [-0.39, 0.29) is 17.7 Å². The molecule has 0 aromatic carbocycles. The number of carbonyl (C=O) groups excluding carboxylic acids is 1. The number of aromatic nitrogens is 1. The zero-order chi connectivity index (χ0) is 15.1. The van der Waals surface area contributed by atoms with Gasteiger partial charge in [0, 0.05) is 24.5 Å². The van der Waals surface area contributed by atoms with E-state index in [4.69, 9.17) is 4.74 Å². The highest BCUT2D eigenvalue weighted by Gasteiger charge is 2.57. The van der Waals surface area contributed by atoms with E-state index in [1.165, 1.54) is 37.9 Å². The van der Waals surface area contributed by atoms with Gasteiger partial charge >= 0.3 is 0 Å². The number of hydrogen-bond acceptors (Lipinski definition) is 4. The molecule has 4 rings (SSSR count). The summed E-state index contributed by atoms with van der Waals surface area (Å²) >= 11 is 0. The fourth-order valence-corrected chi connectivity index (χ4v) is 4.61. The number of hydrogen-bond donors (Lipinski definition) is 2. The molecule has 2 heterocycles. The fraction of sp³-hybridized carbons (Fsp3) is 0.647. The molecule has 1 aromatic rings. The Morgan fingerprint density at radius 2 is 2.09 bits per heavy atom. The minimum absolute atomic E-state index is 0.0771. The maximum Gasteiger partial charge on any atom is 0.270 e. The Hall–Kier alpha value is -1.62. The molecule has 0 spiro atoms. The quantitative estimate of drug-likeness (QED) is 0.897. The fourth-order valence-electron chi connectivity index (χ4n) is 4.61. The first-order valence-corrected chi connectivity index (χ1v) is 8.31. The Morgan fingerprint density at radius 1 is 1.27 bits per heavy atom. The Labute approximate surface area is 130 Å². The van der Waals surface area contributed by atoms with Gasteiger partial charge in [-0.1, -0.05) is 25.7 Å². The molecule has 0 bridgehead atoms. The van der Waals surface area contributed by atoms with Gasteiger partial charge in [-0.25, -0.2) is 4.98 Å². The molecule has 1 aliphatic heterocycles. The average molecular weight is 302 g/mol. The second-order valence-electron chi connectivity index (χ2n) is 6.81. The van der Waals surface area contributed by atoms with Crippen molar-refractivity contribution in [3.8, 4) is 5.75 Å². The second kappa shape index (κ2) is 5.54. The predicted octanol–water partition coefficient (Wildman–Crippen LogP) is 2.11. The average Bonchev–Trinajstić information content (AvgIpc) is 3.16. The zero-order valence-corrected chi connectivity index (χ0v) is 12.6. The lowest BCUT2D eigenvalue weighted by Gasteiger charge is -2.50. The van der Waals surface area contributed by atoms with E-state index >= 15 is 0 Å². The lowest BCUT2D eigenvalue weighted by Crippen LogP contribution is -2.63. The smallest absolute Gasteiger partial charge is 0.270 e. The number of fused-ring (bicyclic) bond motifs is 1. The lowest BCUT2D eigenvalue weighted by molar-refractivity contribution is -0.0784. The standard InChI is InChI=1S/C17H22N2O3/c20-11-5-6-13(18-9-11)17(21)19-15-12-7-8-22-16(12)14(15)10-3-1-2-4-10/h5-6,9-10,12,14-16,20H,1-4,7-8H2,(H,19,21)/t12-,14+,15-,16-/m0/s1. The van der Waals surface area contributed by atoms with Crippen LogP contribution in [-0.4, -0.2) is 34.8 Å². The SMILES string of the molecule is O=C(N[C@H]1[C@@H]2CCO[C@@H]2[C@@H]1C1CCCC1)c1ccc(O)cn1. The summed E-state index contributed by atoms with van der Waals surface area (Å²) in [5, 5.41) is 12.5. The van der Waals surface area contributed by atoms with Crippen LogP contribution < -0.4 is 5.32 Å². The van der Waals surface area contributed by atoms with Gasteiger partial charge in [0.25, 0.3) is 5.91 Å². The first kappa shape index (κ1) is 14.0. The van der Waals surface area contributed by atoms with Crippen molar-refractivity contribution in [2.75, 3.05) is 6.61 Å². The van der Waals surface area contributed by atoms with Gasteiger partial charge in [-0.15, -0.1) is 0 Å². The third-order valence-electron chi connectivity index (χ3n) is 5.66. The van der Waals surface area contributed by atoms with Crippen LogP contribution in [0.25, 0.3) is 0 Å². The summed E-state index contributed by atoms with van der Waals surface area (Å²) in [6.07, 6.45) is 7.84. The molecule has 5 heteroatoms. The van der Waals surface area contributed by atoms with Gasteiger partial charge in [-0.3, -0.25) is 4.79 Å². The van der Waals surface area contributed by atoms with Gasteiger partial charge in [0.15, 0.2) is 0 Å². The van der Waals surface area contributed by atoms with Crippen molar-refractivity contribution in [3.63, 3.8) is 0 Å². The second-order valence-corrected chi connectivity index (χ2v) is 6.81. The van der Waals surface area contributed by atoms with E-state index in [0.29, 0.717) is 29.6 Å².